The van der Waals surface area contributed by atoms with Crippen LogP contribution in [0.4, 0.5) is 0 Å². The summed E-state index contributed by atoms with van der Waals surface area (Å²) in [6.07, 6.45) is 3.38. The second kappa shape index (κ2) is 6.41. The fourth-order valence-corrected chi connectivity index (χ4v) is 2.22. The van der Waals surface area contributed by atoms with E-state index in [0.29, 0.717) is 23.0 Å². The average molecular weight is 313 g/mol. The molecule has 1 amide bonds. The standard InChI is InChI=1S/C16H13ClN4O/c17-13-6-2-1-4-11(13)10-19-16(22)15-8-14(20-21-15)12-5-3-7-18-9-12/h1-9H,10H2,(H,19,22)(H,20,21). The lowest BCUT2D eigenvalue weighted by atomic mass is 10.2. The number of nitrogens with one attached hydrogen (secondary N) is 2. The van der Waals surface area contributed by atoms with Crippen molar-refractivity contribution < 1.29 is 4.79 Å². The van der Waals surface area contributed by atoms with Crippen LogP contribution in [0.25, 0.3) is 11.3 Å². The average Bonchev–Trinajstić information content (AvgIpc) is 3.05. The van der Waals surface area contributed by atoms with Gasteiger partial charge in [0.2, 0.25) is 0 Å². The van der Waals surface area contributed by atoms with Gasteiger partial charge in [0.1, 0.15) is 5.69 Å². The third-order valence-corrected chi connectivity index (χ3v) is 3.55. The van der Waals surface area contributed by atoms with Crippen molar-refractivity contribution in [2.24, 2.45) is 0 Å². The Hall–Kier alpha value is -2.66. The maximum Gasteiger partial charge on any atom is 0.269 e. The first-order valence-corrected chi connectivity index (χ1v) is 7.09. The molecule has 2 heterocycles. The van der Waals surface area contributed by atoms with E-state index in [4.69, 9.17) is 11.6 Å². The number of hydrogen-bond acceptors (Lipinski definition) is 3. The lowest BCUT2D eigenvalue weighted by Gasteiger charge is -2.05. The number of H-pyrrole nitrogens is 1. The molecule has 0 unspecified atom stereocenters. The third-order valence-electron chi connectivity index (χ3n) is 3.18. The number of rotatable bonds is 4. The molecule has 2 N–H and O–H groups in total. The van der Waals surface area contributed by atoms with E-state index in [2.05, 4.69) is 20.5 Å². The zero-order chi connectivity index (χ0) is 15.4. The van der Waals surface area contributed by atoms with Gasteiger partial charge in [-0.1, -0.05) is 29.8 Å². The van der Waals surface area contributed by atoms with Crippen molar-refractivity contribution in [1.29, 1.82) is 0 Å². The molecule has 3 aromatic rings. The fourth-order valence-electron chi connectivity index (χ4n) is 2.01. The monoisotopic (exact) mass is 312 g/mol. The van der Waals surface area contributed by atoms with Crippen molar-refractivity contribution in [2.45, 2.75) is 6.54 Å². The fraction of sp³-hybridized carbons (Fsp3) is 0.0625. The Labute approximate surface area is 132 Å². The van der Waals surface area contributed by atoms with Crippen LogP contribution in [0.5, 0.6) is 0 Å². The molecule has 0 atom stereocenters. The largest absolute Gasteiger partial charge is 0.347 e. The predicted octanol–water partition coefficient (Wildman–Crippen LogP) is 3.06. The van der Waals surface area contributed by atoms with Gasteiger partial charge in [-0.05, 0) is 29.8 Å². The molecule has 0 aliphatic carbocycles. The number of carbonyl (C=O) groups excluding carboxylic acids is 1. The first kappa shape index (κ1) is 14.3. The van der Waals surface area contributed by atoms with E-state index in [1.54, 1.807) is 24.5 Å². The topological polar surface area (TPSA) is 70.7 Å². The van der Waals surface area contributed by atoms with Crippen molar-refractivity contribution in [2.75, 3.05) is 0 Å². The van der Waals surface area contributed by atoms with Crippen LogP contribution in [0, 0.1) is 0 Å². The quantitative estimate of drug-likeness (QED) is 0.778. The van der Waals surface area contributed by atoms with E-state index in [1.807, 2.05) is 30.3 Å². The lowest BCUT2D eigenvalue weighted by Crippen LogP contribution is -2.23. The van der Waals surface area contributed by atoms with E-state index >= 15 is 0 Å². The Balaban J connectivity index is 1.69. The summed E-state index contributed by atoms with van der Waals surface area (Å²) in [7, 11) is 0. The van der Waals surface area contributed by atoms with Crippen LogP contribution in [0.2, 0.25) is 5.02 Å². The van der Waals surface area contributed by atoms with Gasteiger partial charge in [-0.2, -0.15) is 5.10 Å². The van der Waals surface area contributed by atoms with E-state index in [9.17, 15) is 4.79 Å². The zero-order valence-electron chi connectivity index (χ0n) is 11.6. The molecule has 0 aliphatic heterocycles. The van der Waals surface area contributed by atoms with Gasteiger partial charge < -0.3 is 5.32 Å². The first-order chi connectivity index (χ1) is 10.7. The summed E-state index contributed by atoms with van der Waals surface area (Å²) in [5, 5.41) is 10.3. The second-order valence-corrected chi connectivity index (χ2v) is 5.09. The highest BCUT2D eigenvalue weighted by Gasteiger charge is 2.11. The molecule has 3 rings (SSSR count). The summed E-state index contributed by atoms with van der Waals surface area (Å²) < 4.78 is 0. The van der Waals surface area contributed by atoms with Gasteiger partial charge in [0.05, 0.1) is 5.69 Å². The number of aromatic nitrogens is 3. The number of hydrogen-bond donors (Lipinski definition) is 2. The predicted molar refractivity (Wildman–Crippen MR) is 84.4 cm³/mol. The molecule has 0 fully saturated rings. The number of pyridine rings is 1. The van der Waals surface area contributed by atoms with Gasteiger partial charge in [0.25, 0.3) is 5.91 Å². The summed E-state index contributed by atoms with van der Waals surface area (Å²) >= 11 is 6.06. The first-order valence-electron chi connectivity index (χ1n) is 6.71. The number of halogens is 1. The smallest absolute Gasteiger partial charge is 0.269 e. The number of amides is 1. The van der Waals surface area contributed by atoms with Crippen molar-refractivity contribution in [3.05, 3.63) is 71.1 Å². The third kappa shape index (κ3) is 3.15. The molecule has 0 spiro atoms. The highest BCUT2D eigenvalue weighted by atomic mass is 35.5. The molecule has 0 bridgehead atoms. The Morgan fingerprint density at radius 3 is 2.86 bits per heavy atom. The zero-order valence-corrected chi connectivity index (χ0v) is 12.3. The molecular weight excluding hydrogens is 300 g/mol. The van der Waals surface area contributed by atoms with Crippen LogP contribution < -0.4 is 5.32 Å². The summed E-state index contributed by atoms with van der Waals surface area (Å²) in [4.78, 5) is 16.2. The Bertz CT molecular complexity index is 786. The SMILES string of the molecule is O=C(NCc1ccccc1Cl)c1cc(-c2cccnc2)n[nH]1. The minimum atomic E-state index is -0.234. The van der Waals surface area contributed by atoms with Crippen molar-refractivity contribution >= 4 is 17.5 Å². The molecule has 22 heavy (non-hydrogen) atoms. The summed E-state index contributed by atoms with van der Waals surface area (Å²) in [6, 6.07) is 12.8. The molecule has 6 heteroatoms. The molecule has 0 radical (unpaired) electrons. The number of aromatic amines is 1. The molecule has 0 saturated carbocycles. The normalized spacial score (nSPS) is 10.4. The Morgan fingerprint density at radius 2 is 2.09 bits per heavy atom. The van der Waals surface area contributed by atoms with E-state index in [1.165, 1.54) is 0 Å². The Kier molecular flexibility index (Phi) is 4.16. The number of nitrogens with zero attached hydrogens (tertiary/aromatic N) is 2. The molecule has 5 nitrogen and oxygen atoms in total. The van der Waals surface area contributed by atoms with Crippen LogP contribution in [0.15, 0.2) is 54.9 Å². The molecule has 2 aromatic heterocycles. The van der Waals surface area contributed by atoms with Gasteiger partial charge in [0, 0.05) is 29.5 Å². The minimum Gasteiger partial charge on any atom is -0.347 e. The van der Waals surface area contributed by atoms with Crippen LogP contribution in [-0.4, -0.2) is 21.1 Å². The van der Waals surface area contributed by atoms with Crippen LogP contribution in [0.3, 0.4) is 0 Å². The minimum absolute atomic E-state index is 0.234. The Morgan fingerprint density at radius 1 is 1.23 bits per heavy atom. The van der Waals surface area contributed by atoms with Crippen molar-refractivity contribution in [3.8, 4) is 11.3 Å². The number of carbonyl (C=O) groups is 1. The highest BCUT2D eigenvalue weighted by Crippen LogP contribution is 2.17. The van der Waals surface area contributed by atoms with Gasteiger partial charge in [0.15, 0.2) is 0 Å². The maximum atomic E-state index is 12.1. The van der Waals surface area contributed by atoms with Crippen LogP contribution >= 0.6 is 11.6 Å². The van der Waals surface area contributed by atoms with Gasteiger partial charge in [-0.25, -0.2) is 0 Å². The van der Waals surface area contributed by atoms with Crippen LogP contribution in [-0.2, 0) is 6.54 Å². The molecule has 110 valence electrons. The van der Waals surface area contributed by atoms with Crippen molar-refractivity contribution in [3.63, 3.8) is 0 Å². The van der Waals surface area contributed by atoms with Crippen molar-refractivity contribution in [1.82, 2.24) is 20.5 Å². The molecule has 1 aromatic carbocycles. The highest BCUT2D eigenvalue weighted by molar-refractivity contribution is 6.31. The summed E-state index contributed by atoms with van der Waals surface area (Å²) in [5.41, 5.74) is 2.79. The van der Waals surface area contributed by atoms with E-state index in [0.717, 1.165) is 11.1 Å². The maximum absolute atomic E-state index is 12.1. The van der Waals surface area contributed by atoms with Gasteiger partial charge in [-0.15, -0.1) is 0 Å². The van der Waals surface area contributed by atoms with E-state index in [-0.39, 0.29) is 5.91 Å². The molecule has 0 aliphatic rings. The van der Waals surface area contributed by atoms with Crippen LogP contribution in [0.1, 0.15) is 16.1 Å². The van der Waals surface area contributed by atoms with Gasteiger partial charge >= 0.3 is 0 Å². The number of benzene rings is 1. The second-order valence-electron chi connectivity index (χ2n) is 4.68. The summed E-state index contributed by atoms with van der Waals surface area (Å²) in [5.74, 6) is -0.234. The van der Waals surface area contributed by atoms with E-state index < -0.39 is 0 Å². The van der Waals surface area contributed by atoms with Gasteiger partial charge in [-0.3, -0.25) is 14.9 Å². The lowest BCUT2D eigenvalue weighted by molar-refractivity contribution is 0.0946. The molecular formula is C16H13ClN4O. The summed E-state index contributed by atoms with van der Waals surface area (Å²) in [6.45, 7) is 0.361. The molecule has 0 saturated heterocycles.